The van der Waals surface area contributed by atoms with E-state index in [1.807, 2.05) is 19.9 Å². The van der Waals surface area contributed by atoms with E-state index in [1.54, 1.807) is 24.3 Å². The number of aromatic carboxylic acids is 1. The molecule has 0 aliphatic heterocycles. The maximum absolute atomic E-state index is 13.1. The topological polar surface area (TPSA) is 66.8 Å². The Morgan fingerprint density at radius 3 is 2.43 bits per heavy atom. The van der Waals surface area contributed by atoms with Crippen molar-refractivity contribution >= 4 is 18.1 Å². The summed E-state index contributed by atoms with van der Waals surface area (Å²) < 4.78 is 31.2. The number of phenols is 1. The summed E-state index contributed by atoms with van der Waals surface area (Å²) in [6, 6.07) is 7.29. The third-order valence-corrected chi connectivity index (χ3v) is 4.43. The number of hydrogen-bond donors (Lipinski definition) is 2. The third-order valence-electron chi connectivity index (χ3n) is 4.43. The fourth-order valence-electron chi connectivity index (χ4n) is 2.83. The SMILES string of the molecule is CC(C)=CCc1c(OCCCCF)cc(/C=C/c2ccc(F)cc2)c(C(=O)O)c1O. The lowest BCUT2D eigenvalue weighted by Gasteiger charge is -2.16. The molecular weight excluding hydrogens is 390 g/mol. The molecule has 0 heterocycles. The smallest absolute Gasteiger partial charge is 0.340 e. The van der Waals surface area contributed by atoms with E-state index in [0.717, 1.165) is 5.57 Å². The quantitative estimate of drug-likeness (QED) is 0.282. The number of benzene rings is 2. The van der Waals surface area contributed by atoms with Crippen molar-refractivity contribution in [3.05, 3.63) is 70.1 Å². The zero-order chi connectivity index (χ0) is 22.1. The first-order valence-electron chi connectivity index (χ1n) is 9.71. The Bertz CT molecular complexity index is 927. The molecule has 0 fully saturated rings. The van der Waals surface area contributed by atoms with E-state index < -0.39 is 12.6 Å². The molecule has 0 atom stereocenters. The first kappa shape index (κ1) is 23.1. The number of carboxylic acid groups (broad SMARTS) is 1. The van der Waals surface area contributed by atoms with Gasteiger partial charge in [0.25, 0.3) is 0 Å². The molecule has 2 rings (SSSR count). The average Bonchev–Trinajstić information content (AvgIpc) is 2.69. The van der Waals surface area contributed by atoms with Crippen LogP contribution in [0.3, 0.4) is 0 Å². The Kier molecular flexibility index (Phi) is 8.59. The number of carboxylic acids is 1. The number of allylic oxidation sites excluding steroid dienone is 2. The minimum Gasteiger partial charge on any atom is -0.507 e. The standard InChI is InChI=1S/C24H26F2O4/c1-16(2)5-12-20-21(30-14-4-3-13-25)15-18(22(23(20)27)24(28)29)9-6-17-7-10-19(26)11-8-17/h5-11,15,27H,3-4,12-14H2,1-2H3,(H,28,29)/b9-6+. The van der Waals surface area contributed by atoms with Gasteiger partial charge in [-0.05, 0) is 62.4 Å². The molecule has 0 bridgehead atoms. The minimum absolute atomic E-state index is 0.235. The molecule has 2 aromatic carbocycles. The highest BCUT2D eigenvalue weighted by atomic mass is 19.1. The Morgan fingerprint density at radius 2 is 1.83 bits per heavy atom. The van der Waals surface area contributed by atoms with Crippen molar-refractivity contribution in [1.82, 2.24) is 0 Å². The summed E-state index contributed by atoms with van der Waals surface area (Å²) >= 11 is 0. The number of hydrogen-bond acceptors (Lipinski definition) is 3. The number of carbonyl (C=O) groups is 1. The normalized spacial score (nSPS) is 10.9. The molecule has 2 N–H and O–H groups in total. The fourth-order valence-corrected chi connectivity index (χ4v) is 2.83. The van der Waals surface area contributed by atoms with Crippen molar-refractivity contribution in [2.45, 2.75) is 33.1 Å². The van der Waals surface area contributed by atoms with Crippen molar-refractivity contribution < 1.29 is 28.5 Å². The van der Waals surface area contributed by atoms with Gasteiger partial charge in [-0.3, -0.25) is 4.39 Å². The molecule has 4 nitrogen and oxygen atoms in total. The highest BCUT2D eigenvalue weighted by molar-refractivity contribution is 5.97. The number of unbranched alkanes of at least 4 members (excludes halogenated alkanes) is 1. The lowest BCUT2D eigenvalue weighted by Crippen LogP contribution is -2.07. The molecule has 160 valence electrons. The molecule has 30 heavy (non-hydrogen) atoms. The van der Waals surface area contributed by atoms with Gasteiger partial charge in [-0.1, -0.05) is 35.9 Å². The summed E-state index contributed by atoms with van der Waals surface area (Å²) in [7, 11) is 0. The van der Waals surface area contributed by atoms with Gasteiger partial charge in [0.15, 0.2) is 0 Å². The molecule has 6 heteroatoms. The van der Waals surface area contributed by atoms with Crippen LogP contribution in [-0.4, -0.2) is 29.5 Å². The maximum atomic E-state index is 13.1. The summed E-state index contributed by atoms with van der Waals surface area (Å²) in [5, 5.41) is 20.4. The monoisotopic (exact) mass is 416 g/mol. The predicted molar refractivity (Wildman–Crippen MR) is 114 cm³/mol. The Hall–Kier alpha value is -3.15. The Balaban J connectivity index is 2.50. The summed E-state index contributed by atoms with van der Waals surface area (Å²) in [6.07, 6.45) is 6.19. The first-order valence-corrected chi connectivity index (χ1v) is 9.71. The van der Waals surface area contributed by atoms with Crippen LogP contribution in [-0.2, 0) is 6.42 Å². The predicted octanol–water partition coefficient (Wildman–Crippen LogP) is 6.04. The molecule has 0 radical (unpaired) electrons. The zero-order valence-corrected chi connectivity index (χ0v) is 17.1. The van der Waals surface area contributed by atoms with Crippen LogP contribution in [0.2, 0.25) is 0 Å². The van der Waals surface area contributed by atoms with Crippen LogP contribution in [0, 0.1) is 5.82 Å². The molecular formula is C24H26F2O4. The van der Waals surface area contributed by atoms with E-state index in [-0.39, 0.29) is 29.3 Å². The largest absolute Gasteiger partial charge is 0.507 e. The Morgan fingerprint density at radius 1 is 1.13 bits per heavy atom. The number of alkyl halides is 1. The number of halogens is 2. The van der Waals surface area contributed by atoms with Crippen LogP contribution >= 0.6 is 0 Å². The molecule has 0 aliphatic carbocycles. The van der Waals surface area contributed by atoms with Crippen LogP contribution in [0.15, 0.2) is 42.0 Å². The zero-order valence-electron chi connectivity index (χ0n) is 17.1. The van der Waals surface area contributed by atoms with E-state index >= 15 is 0 Å². The van der Waals surface area contributed by atoms with Gasteiger partial charge in [0.05, 0.1) is 13.3 Å². The van der Waals surface area contributed by atoms with Crippen LogP contribution in [0.1, 0.15) is 53.7 Å². The molecule has 0 amide bonds. The van der Waals surface area contributed by atoms with Gasteiger partial charge >= 0.3 is 5.97 Å². The molecule has 0 unspecified atom stereocenters. The fraction of sp³-hybridized carbons (Fsp3) is 0.292. The minimum atomic E-state index is -1.27. The molecule has 0 saturated carbocycles. The van der Waals surface area contributed by atoms with Gasteiger partial charge in [0, 0.05) is 5.56 Å². The van der Waals surface area contributed by atoms with Crippen LogP contribution in [0.5, 0.6) is 11.5 Å². The molecule has 2 aromatic rings. The van der Waals surface area contributed by atoms with Gasteiger partial charge in [-0.15, -0.1) is 0 Å². The molecule has 0 saturated heterocycles. The first-order chi connectivity index (χ1) is 14.3. The average molecular weight is 416 g/mol. The van der Waals surface area contributed by atoms with Crippen molar-refractivity contribution in [3.63, 3.8) is 0 Å². The number of ether oxygens (including phenoxy) is 1. The second kappa shape index (κ2) is 11.1. The number of aromatic hydroxyl groups is 1. The highest BCUT2D eigenvalue weighted by Gasteiger charge is 2.21. The van der Waals surface area contributed by atoms with Crippen molar-refractivity contribution in [2.75, 3.05) is 13.3 Å². The highest BCUT2D eigenvalue weighted by Crippen LogP contribution is 2.36. The summed E-state index contributed by atoms with van der Waals surface area (Å²) in [5.41, 5.74) is 2.07. The summed E-state index contributed by atoms with van der Waals surface area (Å²) in [5.74, 6) is -1.65. The van der Waals surface area contributed by atoms with E-state index in [4.69, 9.17) is 4.74 Å². The van der Waals surface area contributed by atoms with Crippen molar-refractivity contribution in [1.29, 1.82) is 0 Å². The van der Waals surface area contributed by atoms with Crippen LogP contribution < -0.4 is 4.74 Å². The number of rotatable bonds is 10. The molecule has 0 aromatic heterocycles. The maximum Gasteiger partial charge on any atom is 0.340 e. The van der Waals surface area contributed by atoms with E-state index in [1.165, 1.54) is 18.2 Å². The lowest BCUT2D eigenvalue weighted by molar-refractivity contribution is 0.0693. The van der Waals surface area contributed by atoms with E-state index in [9.17, 15) is 23.8 Å². The summed E-state index contributed by atoms with van der Waals surface area (Å²) in [6.45, 7) is 3.61. The van der Waals surface area contributed by atoms with E-state index in [2.05, 4.69) is 0 Å². The molecule has 0 spiro atoms. The third kappa shape index (κ3) is 6.44. The van der Waals surface area contributed by atoms with Crippen LogP contribution in [0.25, 0.3) is 12.2 Å². The van der Waals surface area contributed by atoms with Crippen molar-refractivity contribution in [2.24, 2.45) is 0 Å². The lowest BCUT2D eigenvalue weighted by atomic mass is 9.97. The summed E-state index contributed by atoms with van der Waals surface area (Å²) in [4.78, 5) is 11.9. The second-order valence-electron chi connectivity index (χ2n) is 7.09. The van der Waals surface area contributed by atoms with Gasteiger partial charge in [0.1, 0.15) is 22.9 Å². The van der Waals surface area contributed by atoms with Gasteiger partial charge in [-0.2, -0.15) is 0 Å². The van der Waals surface area contributed by atoms with Crippen LogP contribution in [0.4, 0.5) is 8.78 Å². The van der Waals surface area contributed by atoms with Gasteiger partial charge in [-0.25, -0.2) is 9.18 Å². The second-order valence-corrected chi connectivity index (χ2v) is 7.09. The molecule has 0 aliphatic rings. The van der Waals surface area contributed by atoms with Gasteiger partial charge in [0.2, 0.25) is 0 Å². The van der Waals surface area contributed by atoms with Crippen molar-refractivity contribution in [3.8, 4) is 11.5 Å². The Labute approximate surface area is 175 Å². The van der Waals surface area contributed by atoms with Gasteiger partial charge < -0.3 is 14.9 Å². The van der Waals surface area contributed by atoms with E-state index in [0.29, 0.717) is 36.1 Å².